The zero-order valence-electron chi connectivity index (χ0n) is 16.6. The van der Waals surface area contributed by atoms with Crippen molar-refractivity contribution in [1.29, 1.82) is 0 Å². The molecule has 0 aliphatic carbocycles. The van der Waals surface area contributed by atoms with E-state index in [-0.39, 0.29) is 11.9 Å². The monoisotopic (exact) mass is 388 g/mol. The third-order valence-electron chi connectivity index (χ3n) is 4.91. The van der Waals surface area contributed by atoms with Crippen LogP contribution in [0.5, 0.6) is 0 Å². The number of carbonyl (C=O) groups is 1. The molecule has 0 saturated heterocycles. The molecule has 2 rings (SSSR count). The Bertz CT molecular complexity index is 895. The molecule has 1 N–H and O–H groups in total. The third kappa shape index (κ3) is 5.17. The summed E-state index contributed by atoms with van der Waals surface area (Å²) in [6, 6.07) is 14.0. The summed E-state index contributed by atoms with van der Waals surface area (Å²) in [7, 11) is -2.11. The largest absolute Gasteiger partial charge is 0.348 e. The van der Waals surface area contributed by atoms with Gasteiger partial charge in [-0.2, -0.15) is 4.31 Å². The minimum absolute atomic E-state index is 0.184. The standard InChI is InChI=1S/C21H28N2O3S/c1-6-19(18-13-12-15(2)16(3)14-18)22-21(24)20(23(4)27(5,25)26)17-10-8-7-9-11-17/h7-14,19-20H,6H2,1-5H3,(H,22,24)/t19-,20+/m0/s1. The number of nitrogens with zero attached hydrogens (tertiary/aromatic N) is 1. The van der Waals surface area contributed by atoms with Crippen LogP contribution in [0.25, 0.3) is 0 Å². The van der Waals surface area contributed by atoms with Crippen LogP contribution in [-0.4, -0.2) is 31.9 Å². The van der Waals surface area contributed by atoms with Crippen molar-refractivity contribution >= 4 is 15.9 Å². The number of rotatable bonds is 7. The van der Waals surface area contributed by atoms with Gasteiger partial charge in [0.05, 0.1) is 12.3 Å². The normalized spacial score (nSPS) is 14.0. The van der Waals surface area contributed by atoms with E-state index >= 15 is 0 Å². The molecular weight excluding hydrogens is 360 g/mol. The lowest BCUT2D eigenvalue weighted by atomic mass is 9.98. The van der Waals surface area contributed by atoms with Crippen LogP contribution in [0, 0.1) is 13.8 Å². The van der Waals surface area contributed by atoms with Gasteiger partial charge in [-0.3, -0.25) is 4.79 Å². The van der Waals surface area contributed by atoms with Crippen molar-refractivity contribution < 1.29 is 13.2 Å². The van der Waals surface area contributed by atoms with E-state index in [1.807, 2.05) is 39.0 Å². The zero-order chi connectivity index (χ0) is 20.2. The van der Waals surface area contributed by atoms with Gasteiger partial charge in [0.25, 0.3) is 0 Å². The quantitative estimate of drug-likeness (QED) is 0.789. The highest BCUT2D eigenvalue weighted by atomic mass is 32.2. The molecular formula is C21H28N2O3S. The fourth-order valence-electron chi connectivity index (χ4n) is 3.01. The molecule has 5 nitrogen and oxygen atoms in total. The lowest BCUT2D eigenvalue weighted by Crippen LogP contribution is -2.42. The van der Waals surface area contributed by atoms with Crippen molar-refractivity contribution in [2.45, 2.75) is 39.3 Å². The summed E-state index contributed by atoms with van der Waals surface area (Å²) in [4.78, 5) is 13.1. The highest BCUT2D eigenvalue weighted by molar-refractivity contribution is 7.88. The minimum atomic E-state index is -3.54. The number of hydrogen-bond donors (Lipinski definition) is 1. The van der Waals surface area contributed by atoms with E-state index in [0.29, 0.717) is 12.0 Å². The Balaban J connectivity index is 2.35. The minimum Gasteiger partial charge on any atom is -0.348 e. The molecule has 27 heavy (non-hydrogen) atoms. The summed E-state index contributed by atoms with van der Waals surface area (Å²) in [5.41, 5.74) is 4.01. The Kier molecular flexibility index (Phi) is 6.78. The average Bonchev–Trinajstić information content (AvgIpc) is 2.62. The Morgan fingerprint density at radius 2 is 1.67 bits per heavy atom. The predicted molar refractivity (Wildman–Crippen MR) is 109 cm³/mol. The lowest BCUT2D eigenvalue weighted by Gasteiger charge is -2.28. The maximum absolute atomic E-state index is 13.1. The molecule has 0 aliphatic rings. The molecule has 1 amide bonds. The molecule has 2 aromatic carbocycles. The Labute approximate surface area is 162 Å². The van der Waals surface area contributed by atoms with Crippen molar-refractivity contribution in [3.63, 3.8) is 0 Å². The molecule has 2 atom stereocenters. The van der Waals surface area contributed by atoms with E-state index < -0.39 is 16.1 Å². The average molecular weight is 389 g/mol. The number of benzene rings is 2. The van der Waals surface area contributed by atoms with Crippen LogP contribution in [0.15, 0.2) is 48.5 Å². The third-order valence-corrected chi connectivity index (χ3v) is 6.17. The lowest BCUT2D eigenvalue weighted by molar-refractivity contribution is -0.125. The molecule has 0 spiro atoms. The molecule has 0 saturated carbocycles. The van der Waals surface area contributed by atoms with E-state index in [4.69, 9.17) is 0 Å². The van der Waals surface area contributed by atoms with Crippen LogP contribution >= 0.6 is 0 Å². The van der Waals surface area contributed by atoms with Crippen molar-refractivity contribution in [2.24, 2.45) is 0 Å². The van der Waals surface area contributed by atoms with Crippen molar-refractivity contribution in [3.8, 4) is 0 Å². The summed E-state index contributed by atoms with van der Waals surface area (Å²) >= 11 is 0. The fraction of sp³-hybridized carbons (Fsp3) is 0.381. The highest BCUT2D eigenvalue weighted by Crippen LogP contribution is 2.25. The van der Waals surface area contributed by atoms with Gasteiger partial charge >= 0.3 is 0 Å². The molecule has 0 fully saturated rings. The van der Waals surface area contributed by atoms with Crippen LogP contribution in [0.1, 0.15) is 47.7 Å². The Hall–Kier alpha value is -2.18. The molecule has 0 bridgehead atoms. The van der Waals surface area contributed by atoms with Crippen molar-refractivity contribution in [2.75, 3.05) is 13.3 Å². The highest BCUT2D eigenvalue weighted by Gasteiger charge is 2.31. The Morgan fingerprint density at radius 1 is 1.04 bits per heavy atom. The number of likely N-dealkylation sites (N-methyl/N-ethyl adjacent to an activating group) is 1. The first-order chi connectivity index (χ1) is 12.6. The van der Waals surface area contributed by atoms with Gasteiger partial charge in [-0.05, 0) is 42.5 Å². The van der Waals surface area contributed by atoms with E-state index in [0.717, 1.165) is 21.7 Å². The van der Waals surface area contributed by atoms with Crippen molar-refractivity contribution in [1.82, 2.24) is 9.62 Å². The Morgan fingerprint density at radius 3 is 2.19 bits per heavy atom. The summed E-state index contributed by atoms with van der Waals surface area (Å²) in [6.45, 7) is 6.08. The van der Waals surface area contributed by atoms with Gasteiger partial charge in [0.15, 0.2) is 0 Å². The van der Waals surface area contributed by atoms with Crippen LogP contribution in [0.4, 0.5) is 0 Å². The summed E-state index contributed by atoms with van der Waals surface area (Å²) in [5, 5.41) is 3.04. The topological polar surface area (TPSA) is 66.5 Å². The van der Waals surface area contributed by atoms with Gasteiger partial charge in [0.1, 0.15) is 6.04 Å². The first kappa shape index (κ1) is 21.1. The molecule has 2 aromatic rings. The molecule has 0 heterocycles. The van der Waals surface area contributed by atoms with E-state index in [9.17, 15) is 13.2 Å². The first-order valence-corrected chi connectivity index (χ1v) is 10.9. The zero-order valence-corrected chi connectivity index (χ0v) is 17.4. The smallest absolute Gasteiger partial charge is 0.243 e. The van der Waals surface area contributed by atoms with Gasteiger partial charge in [0, 0.05) is 7.05 Å². The first-order valence-electron chi connectivity index (χ1n) is 9.00. The number of amides is 1. The second-order valence-electron chi connectivity index (χ2n) is 6.91. The van der Waals surface area contributed by atoms with Gasteiger partial charge in [-0.1, -0.05) is 55.5 Å². The number of hydrogen-bond acceptors (Lipinski definition) is 3. The summed E-state index contributed by atoms with van der Waals surface area (Å²) in [6.07, 6.45) is 1.81. The number of carbonyl (C=O) groups excluding carboxylic acids is 1. The van der Waals surface area contributed by atoms with Crippen LogP contribution in [0.2, 0.25) is 0 Å². The summed E-state index contributed by atoms with van der Waals surface area (Å²) in [5.74, 6) is -0.334. The van der Waals surface area contributed by atoms with Gasteiger partial charge in [-0.25, -0.2) is 8.42 Å². The van der Waals surface area contributed by atoms with Gasteiger partial charge in [0.2, 0.25) is 15.9 Å². The fourth-order valence-corrected chi connectivity index (χ4v) is 3.61. The molecule has 0 aliphatic heterocycles. The summed E-state index contributed by atoms with van der Waals surface area (Å²) < 4.78 is 25.3. The molecule has 6 heteroatoms. The molecule has 0 radical (unpaired) electrons. The SMILES string of the molecule is CC[C@H](NC(=O)[C@@H](c1ccccc1)N(C)S(C)(=O)=O)c1ccc(C)c(C)c1. The van der Waals surface area contributed by atoms with Crippen molar-refractivity contribution in [3.05, 3.63) is 70.8 Å². The van der Waals surface area contributed by atoms with E-state index in [2.05, 4.69) is 11.4 Å². The predicted octanol–water partition coefficient (Wildman–Crippen LogP) is 3.50. The second kappa shape index (κ2) is 8.67. The van der Waals surface area contributed by atoms with E-state index in [1.54, 1.807) is 24.3 Å². The second-order valence-corrected chi connectivity index (χ2v) is 8.95. The molecule has 146 valence electrons. The maximum Gasteiger partial charge on any atom is 0.243 e. The number of nitrogens with one attached hydrogen (secondary N) is 1. The molecule has 0 unspecified atom stereocenters. The van der Waals surface area contributed by atoms with Gasteiger partial charge < -0.3 is 5.32 Å². The number of aryl methyl sites for hydroxylation is 2. The van der Waals surface area contributed by atoms with E-state index in [1.165, 1.54) is 12.6 Å². The molecule has 0 aromatic heterocycles. The number of sulfonamides is 1. The van der Waals surface area contributed by atoms with Crippen LogP contribution < -0.4 is 5.32 Å². The maximum atomic E-state index is 13.1. The van der Waals surface area contributed by atoms with Gasteiger partial charge in [-0.15, -0.1) is 0 Å². The van der Waals surface area contributed by atoms with Crippen LogP contribution in [0.3, 0.4) is 0 Å². The van der Waals surface area contributed by atoms with Crippen LogP contribution in [-0.2, 0) is 14.8 Å².